The van der Waals surface area contributed by atoms with E-state index in [0.717, 1.165) is 10.9 Å². The topological polar surface area (TPSA) is 58.0 Å². The average molecular weight is 280 g/mol. The Balaban J connectivity index is 2.42. The highest BCUT2D eigenvalue weighted by molar-refractivity contribution is 8.14. The molecule has 1 amide bonds. The third-order valence-electron chi connectivity index (χ3n) is 2.75. The maximum Gasteiger partial charge on any atom is 0.431 e. The Hall–Kier alpha value is -1.76. The van der Waals surface area contributed by atoms with Crippen molar-refractivity contribution in [1.29, 1.82) is 0 Å². The maximum absolute atomic E-state index is 11.9. The summed E-state index contributed by atoms with van der Waals surface area (Å²) in [6.07, 6.45) is 1.20. The van der Waals surface area contributed by atoms with E-state index in [2.05, 4.69) is 10.1 Å². The Morgan fingerprint density at radius 2 is 2.21 bits per heavy atom. The summed E-state index contributed by atoms with van der Waals surface area (Å²) in [5, 5.41) is 6.38. The molecule has 2 heterocycles. The maximum atomic E-state index is 11.9. The van der Waals surface area contributed by atoms with Crippen molar-refractivity contribution in [2.24, 2.45) is 5.10 Å². The summed E-state index contributed by atoms with van der Waals surface area (Å²) < 4.78 is 4.80. The van der Waals surface area contributed by atoms with Crippen molar-refractivity contribution >= 4 is 23.0 Å². The fraction of sp³-hybridized carbons (Fsp3) is 0.417. The van der Waals surface area contributed by atoms with Crippen molar-refractivity contribution < 1.29 is 9.53 Å². The first kappa shape index (κ1) is 13.7. The van der Waals surface area contributed by atoms with Gasteiger partial charge in [0.15, 0.2) is 10.0 Å². The number of pyridine rings is 1. The van der Waals surface area contributed by atoms with E-state index in [1.165, 1.54) is 23.9 Å². The summed E-state index contributed by atoms with van der Waals surface area (Å²) in [7, 11) is 5.10. The lowest BCUT2D eigenvalue weighted by Gasteiger charge is -2.29. The van der Waals surface area contributed by atoms with Crippen LogP contribution in [0.3, 0.4) is 0 Å². The fourth-order valence-corrected chi connectivity index (χ4v) is 2.79. The average Bonchev–Trinajstić information content (AvgIpc) is 2.78. The van der Waals surface area contributed by atoms with Crippen LogP contribution in [0.25, 0.3) is 0 Å². The first-order valence-corrected chi connectivity index (χ1v) is 6.55. The van der Waals surface area contributed by atoms with Crippen molar-refractivity contribution in [1.82, 2.24) is 14.9 Å². The molecule has 0 N–H and O–H groups in total. The Bertz CT molecular complexity index is 506. The van der Waals surface area contributed by atoms with E-state index in [1.807, 2.05) is 44.1 Å². The van der Waals surface area contributed by atoms with Crippen LogP contribution in [-0.2, 0) is 9.61 Å². The third-order valence-corrected chi connectivity index (χ3v) is 4.16. The summed E-state index contributed by atoms with van der Waals surface area (Å²) in [6.45, 7) is 1.90. The van der Waals surface area contributed by atoms with Crippen LogP contribution in [0.15, 0.2) is 29.5 Å². The second-order valence-corrected chi connectivity index (χ2v) is 5.72. The van der Waals surface area contributed by atoms with Gasteiger partial charge in [-0.2, -0.15) is 5.01 Å². The number of hydrogen-bond donors (Lipinski definition) is 0. The molecule has 0 aliphatic carbocycles. The van der Waals surface area contributed by atoms with Crippen LogP contribution in [-0.4, -0.2) is 47.4 Å². The van der Waals surface area contributed by atoms with Gasteiger partial charge in [0.05, 0.1) is 12.8 Å². The predicted molar refractivity (Wildman–Crippen MR) is 74.5 cm³/mol. The van der Waals surface area contributed by atoms with Crippen LogP contribution in [0.5, 0.6) is 0 Å². The van der Waals surface area contributed by atoms with Gasteiger partial charge in [0.2, 0.25) is 0 Å². The Morgan fingerprint density at radius 1 is 1.47 bits per heavy atom. The number of aromatic nitrogens is 1. The van der Waals surface area contributed by atoms with Crippen LogP contribution in [0.2, 0.25) is 0 Å². The molecule has 0 saturated heterocycles. The van der Waals surface area contributed by atoms with Crippen LogP contribution in [0, 0.1) is 0 Å². The van der Waals surface area contributed by atoms with Gasteiger partial charge in [-0.1, -0.05) is 6.07 Å². The second-order valence-electron chi connectivity index (χ2n) is 4.36. The number of carbonyl (C=O) groups excluding carboxylic acids is 1. The van der Waals surface area contributed by atoms with Gasteiger partial charge in [-0.15, -0.1) is 5.10 Å². The summed E-state index contributed by atoms with van der Waals surface area (Å²) >= 11 is 1.46. The number of methoxy groups -OCH3 is 1. The van der Waals surface area contributed by atoms with Crippen molar-refractivity contribution in [3.8, 4) is 0 Å². The first-order chi connectivity index (χ1) is 8.99. The van der Waals surface area contributed by atoms with E-state index in [4.69, 9.17) is 4.74 Å². The lowest BCUT2D eigenvalue weighted by molar-refractivity contribution is 0.102. The van der Waals surface area contributed by atoms with E-state index < -0.39 is 11.0 Å². The number of ether oxygens (including phenoxy) is 1. The van der Waals surface area contributed by atoms with Crippen molar-refractivity contribution in [2.45, 2.75) is 11.8 Å². The van der Waals surface area contributed by atoms with Crippen molar-refractivity contribution in [3.63, 3.8) is 0 Å². The molecule has 1 aromatic heterocycles. The second kappa shape index (κ2) is 5.08. The number of thioether (sulfide) groups is 1. The van der Waals surface area contributed by atoms with E-state index in [0.29, 0.717) is 0 Å². The SMILES string of the molecule is COC(=O)N1N=C(N(C)C)SC1(C)c1ccccn1. The minimum atomic E-state index is -0.700. The standard InChI is InChI=1S/C12H16N4O2S/c1-12(9-7-5-6-8-13-9)16(11(17)18-4)14-10(19-12)15(2)3/h5-8H,1-4H3. The molecule has 102 valence electrons. The minimum absolute atomic E-state index is 0.502. The largest absolute Gasteiger partial charge is 0.451 e. The molecular formula is C12H16N4O2S. The number of hydrazone groups is 1. The summed E-state index contributed by atoms with van der Waals surface area (Å²) in [5.74, 6) is 0. The molecule has 1 atom stereocenters. The quantitative estimate of drug-likeness (QED) is 0.786. The van der Waals surface area contributed by atoms with Gasteiger partial charge in [0, 0.05) is 20.3 Å². The molecule has 0 aromatic carbocycles. The fourth-order valence-electron chi connectivity index (χ4n) is 1.70. The minimum Gasteiger partial charge on any atom is -0.451 e. The molecule has 1 aliphatic rings. The van der Waals surface area contributed by atoms with E-state index in [-0.39, 0.29) is 0 Å². The molecule has 7 heteroatoms. The zero-order chi connectivity index (χ0) is 14.0. The molecule has 0 bridgehead atoms. The summed E-state index contributed by atoms with van der Waals surface area (Å²) in [4.78, 5) is 17.4. The predicted octanol–water partition coefficient (Wildman–Crippen LogP) is 1.90. The molecule has 0 fully saturated rings. The number of amidine groups is 1. The normalized spacial score (nSPS) is 22.1. The van der Waals surface area contributed by atoms with Gasteiger partial charge >= 0.3 is 6.09 Å². The van der Waals surface area contributed by atoms with Crippen LogP contribution < -0.4 is 0 Å². The molecule has 1 aromatic rings. The number of carbonyl (C=O) groups is 1. The molecule has 0 saturated carbocycles. The Morgan fingerprint density at radius 3 is 2.74 bits per heavy atom. The van der Waals surface area contributed by atoms with Gasteiger partial charge in [-0.25, -0.2) is 4.79 Å². The molecule has 1 aliphatic heterocycles. The zero-order valence-electron chi connectivity index (χ0n) is 11.3. The molecular weight excluding hydrogens is 264 g/mol. The molecule has 2 rings (SSSR count). The highest BCUT2D eigenvalue weighted by Crippen LogP contribution is 2.45. The first-order valence-electron chi connectivity index (χ1n) is 5.73. The van der Waals surface area contributed by atoms with Crippen LogP contribution >= 0.6 is 11.8 Å². The Kier molecular flexibility index (Phi) is 3.66. The molecule has 1 unspecified atom stereocenters. The van der Waals surface area contributed by atoms with E-state index >= 15 is 0 Å². The van der Waals surface area contributed by atoms with E-state index in [9.17, 15) is 4.79 Å². The van der Waals surface area contributed by atoms with Gasteiger partial charge in [-0.05, 0) is 30.8 Å². The number of nitrogens with zero attached hydrogens (tertiary/aromatic N) is 4. The van der Waals surface area contributed by atoms with Gasteiger partial charge in [0.25, 0.3) is 0 Å². The smallest absolute Gasteiger partial charge is 0.431 e. The van der Waals surface area contributed by atoms with Crippen LogP contribution in [0.4, 0.5) is 4.79 Å². The monoisotopic (exact) mass is 280 g/mol. The molecule has 0 radical (unpaired) electrons. The lowest BCUT2D eigenvalue weighted by atomic mass is 10.2. The highest BCUT2D eigenvalue weighted by Gasteiger charge is 2.47. The van der Waals surface area contributed by atoms with Crippen molar-refractivity contribution in [2.75, 3.05) is 21.2 Å². The molecule has 19 heavy (non-hydrogen) atoms. The van der Waals surface area contributed by atoms with Gasteiger partial charge < -0.3 is 9.64 Å². The number of amides is 1. The third kappa shape index (κ3) is 2.37. The summed E-state index contributed by atoms with van der Waals surface area (Å²) in [5.41, 5.74) is 0.756. The number of rotatable bonds is 1. The van der Waals surface area contributed by atoms with Gasteiger partial charge in [0.1, 0.15) is 0 Å². The Labute approximate surface area is 116 Å². The summed E-state index contributed by atoms with van der Waals surface area (Å²) in [6, 6.07) is 5.59. The zero-order valence-corrected chi connectivity index (χ0v) is 12.1. The highest BCUT2D eigenvalue weighted by atomic mass is 32.2. The van der Waals surface area contributed by atoms with E-state index in [1.54, 1.807) is 6.20 Å². The molecule has 0 spiro atoms. The number of hydrogen-bond acceptors (Lipinski definition) is 6. The van der Waals surface area contributed by atoms with Crippen molar-refractivity contribution in [3.05, 3.63) is 30.1 Å². The lowest BCUT2D eigenvalue weighted by Crippen LogP contribution is -2.39. The molecule has 6 nitrogen and oxygen atoms in total. The van der Waals surface area contributed by atoms with Gasteiger partial charge in [-0.3, -0.25) is 4.98 Å². The van der Waals surface area contributed by atoms with Crippen LogP contribution in [0.1, 0.15) is 12.6 Å².